The number of carbonyl (C=O) groups excluding carboxylic acids is 3. The lowest BCUT2D eigenvalue weighted by Crippen LogP contribution is -2.33. The highest BCUT2D eigenvalue weighted by molar-refractivity contribution is 8.01. The minimum atomic E-state index is -1.05. The molecule has 1 unspecified atom stereocenters. The Morgan fingerprint density at radius 2 is 1.97 bits per heavy atom. The first-order valence-corrected chi connectivity index (χ1v) is 10.4. The van der Waals surface area contributed by atoms with Crippen LogP contribution in [0, 0.1) is 0 Å². The van der Waals surface area contributed by atoms with Gasteiger partial charge in [0.15, 0.2) is 0 Å². The van der Waals surface area contributed by atoms with Crippen LogP contribution >= 0.6 is 11.8 Å². The summed E-state index contributed by atoms with van der Waals surface area (Å²) in [5.41, 5.74) is 3.65. The monoisotopic (exact) mass is 423 g/mol. The van der Waals surface area contributed by atoms with E-state index in [4.69, 9.17) is 4.74 Å². The molecule has 1 aromatic heterocycles. The van der Waals surface area contributed by atoms with E-state index in [0.717, 1.165) is 27.7 Å². The zero-order valence-electron chi connectivity index (χ0n) is 16.6. The fourth-order valence-corrected chi connectivity index (χ4v) is 5.22. The topological polar surface area (TPSA) is 100 Å². The van der Waals surface area contributed by atoms with Gasteiger partial charge in [-0.3, -0.25) is 14.4 Å². The maximum absolute atomic E-state index is 13.4. The molecular weight excluding hydrogens is 402 g/mol. The van der Waals surface area contributed by atoms with Crippen LogP contribution in [0.1, 0.15) is 27.9 Å². The zero-order chi connectivity index (χ0) is 21.3. The quantitative estimate of drug-likeness (QED) is 0.529. The maximum Gasteiger partial charge on any atom is 0.306 e. The van der Waals surface area contributed by atoms with Crippen molar-refractivity contribution in [3.63, 3.8) is 0 Å². The summed E-state index contributed by atoms with van der Waals surface area (Å²) in [6.07, 6.45) is 2.00. The predicted molar refractivity (Wildman–Crippen MR) is 117 cm³/mol. The molecule has 154 valence electrons. The van der Waals surface area contributed by atoms with E-state index in [2.05, 4.69) is 15.6 Å². The molecule has 30 heavy (non-hydrogen) atoms. The number of H-pyrrole nitrogens is 1. The Morgan fingerprint density at radius 1 is 1.17 bits per heavy atom. The number of aromatic amines is 1. The van der Waals surface area contributed by atoms with E-state index in [1.165, 1.54) is 18.9 Å². The SMILES string of the molecule is CNC(=O)c1ccc2[nH]cc(C3(SCCC(=O)OC)C(=O)Nc4ccccc43)c2c1. The number of hydrogen-bond acceptors (Lipinski definition) is 5. The number of fused-ring (bicyclic) bond motifs is 2. The van der Waals surface area contributed by atoms with Crippen molar-refractivity contribution >= 4 is 46.1 Å². The second kappa shape index (κ2) is 7.87. The van der Waals surface area contributed by atoms with Gasteiger partial charge in [0.1, 0.15) is 4.75 Å². The van der Waals surface area contributed by atoms with E-state index >= 15 is 0 Å². The van der Waals surface area contributed by atoms with Crippen molar-refractivity contribution in [2.45, 2.75) is 11.2 Å². The molecule has 3 N–H and O–H groups in total. The van der Waals surface area contributed by atoms with Gasteiger partial charge in [-0.25, -0.2) is 0 Å². The van der Waals surface area contributed by atoms with Gasteiger partial charge in [0.2, 0.25) is 5.91 Å². The second-order valence-electron chi connectivity index (χ2n) is 6.90. The summed E-state index contributed by atoms with van der Waals surface area (Å²) in [7, 11) is 2.93. The first-order chi connectivity index (χ1) is 14.5. The van der Waals surface area contributed by atoms with Crippen molar-refractivity contribution in [3.05, 3.63) is 65.4 Å². The molecule has 2 aromatic carbocycles. The maximum atomic E-state index is 13.4. The minimum Gasteiger partial charge on any atom is -0.469 e. The molecule has 0 radical (unpaired) electrons. The Morgan fingerprint density at radius 3 is 2.73 bits per heavy atom. The summed E-state index contributed by atoms with van der Waals surface area (Å²) >= 11 is 1.39. The molecule has 0 bridgehead atoms. The zero-order valence-corrected chi connectivity index (χ0v) is 17.4. The minimum absolute atomic E-state index is 0.176. The summed E-state index contributed by atoms with van der Waals surface area (Å²) in [4.78, 5) is 40.5. The van der Waals surface area contributed by atoms with Crippen LogP contribution in [0.25, 0.3) is 10.9 Å². The van der Waals surface area contributed by atoms with Gasteiger partial charge in [0.05, 0.1) is 13.5 Å². The number of anilines is 1. The number of para-hydroxylation sites is 1. The highest BCUT2D eigenvalue weighted by Gasteiger charge is 2.50. The Kier molecular flexibility index (Phi) is 5.26. The number of amides is 2. The summed E-state index contributed by atoms with van der Waals surface area (Å²) in [5, 5.41) is 6.39. The van der Waals surface area contributed by atoms with Gasteiger partial charge in [-0.05, 0) is 24.3 Å². The predicted octanol–water partition coefficient (Wildman–Crippen LogP) is 3.02. The van der Waals surface area contributed by atoms with E-state index in [9.17, 15) is 14.4 Å². The van der Waals surface area contributed by atoms with Gasteiger partial charge in [-0.1, -0.05) is 18.2 Å². The number of benzene rings is 2. The molecule has 2 amide bonds. The summed E-state index contributed by atoms with van der Waals surface area (Å²) in [5.74, 6) is -0.307. The summed E-state index contributed by atoms with van der Waals surface area (Å²) in [6, 6.07) is 12.9. The van der Waals surface area contributed by atoms with Crippen LogP contribution < -0.4 is 10.6 Å². The largest absolute Gasteiger partial charge is 0.469 e. The van der Waals surface area contributed by atoms with Gasteiger partial charge in [0.25, 0.3) is 5.91 Å². The van der Waals surface area contributed by atoms with Crippen molar-refractivity contribution in [1.82, 2.24) is 10.3 Å². The smallest absolute Gasteiger partial charge is 0.306 e. The first-order valence-electron chi connectivity index (χ1n) is 9.46. The third kappa shape index (κ3) is 3.13. The molecular formula is C22H21N3O4S. The van der Waals surface area contributed by atoms with Gasteiger partial charge in [-0.2, -0.15) is 0 Å². The molecule has 1 aliphatic heterocycles. The molecule has 0 saturated heterocycles. The Balaban J connectivity index is 1.88. The van der Waals surface area contributed by atoms with Gasteiger partial charge >= 0.3 is 5.97 Å². The molecule has 4 rings (SSSR count). The summed E-state index contributed by atoms with van der Waals surface area (Å²) in [6.45, 7) is 0. The van der Waals surface area contributed by atoms with Crippen LogP contribution in [0.2, 0.25) is 0 Å². The van der Waals surface area contributed by atoms with Gasteiger partial charge < -0.3 is 20.4 Å². The number of ether oxygens (including phenoxy) is 1. The van der Waals surface area contributed by atoms with Crippen LogP contribution in [-0.2, 0) is 19.1 Å². The lowest BCUT2D eigenvalue weighted by atomic mass is 9.90. The normalized spacial score (nSPS) is 17.5. The highest BCUT2D eigenvalue weighted by atomic mass is 32.2. The van der Waals surface area contributed by atoms with Crippen LogP contribution in [0.15, 0.2) is 48.7 Å². The average molecular weight is 423 g/mol. The number of nitrogens with one attached hydrogen (secondary N) is 3. The van der Waals surface area contributed by atoms with Gasteiger partial charge in [0, 0.05) is 52.3 Å². The molecule has 3 aromatic rings. The molecule has 2 heterocycles. The van der Waals surface area contributed by atoms with E-state index < -0.39 is 4.75 Å². The molecule has 8 heteroatoms. The van der Waals surface area contributed by atoms with Crippen molar-refractivity contribution in [1.29, 1.82) is 0 Å². The number of methoxy groups -OCH3 is 1. The molecule has 1 atom stereocenters. The molecule has 0 spiro atoms. The van der Waals surface area contributed by atoms with Gasteiger partial charge in [-0.15, -0.1) is 11.8 Å². The fourth-order valence-electron chi connectivity index (χ4n) is 3.81. The van der Waals surface area contributed by atoms with E-state index in [-0.39, 0.29) is 24.2 Å². The fraction of sp³-hybridized carbons (Fsp3) is 0.227. The molecule has 1 aliphatic rings. The third-order valence-corrected chi connectivity index (χ3v) is 6.74. The molecule has 0 fully saturated rings. The standard InChI is InChI=1S/C22H21N3O4S/c1-23-20(27)13-7-8-17-14(11-13)16(12-24-17)22(30-10-9-19(26)29-2)15-5-3-4-6-18(15)25-21(22)28/h3-8,11-12,24H,9-10H2,1-2H3,(H,23,27)(H,25,28). The van der Waals surface area contributed by atoms with E-state index in [1.54, 1.807) is 19.2 Å². The van der Waals surface area contributed by atoms with E-state index in [1.807, 2.05) is 36.5 Å². The molecule has 0 aliphatic carbocycles. The number of hydrogen-bond donors (Lipinski definition) is 3. The average Bonchev–Trinajstić information content (AvgIpc) is 3.31. The molecule has 7 nitrogen and oxygen atoms in total. The van der Waals surface area contributed by atoms with Crippen molar-refractivity contribution in [3.8, 4) is 0 Å². The number of thioether (sulfide) groups is 1. The second-order valence-corrected chi connectivity index (χ2v) is 8.21. The van der Waals surface area contributed by atoms with Crippen molar-refractivity contribution in [2.24, 2.45) is 0 Å². The lowest BCUT2D eigenvalue weighted by Gasteiger charge is -2.27. The van der Waals surface area contributed by atoms with Crippen LogP contribution in [0.3, 0.4) is 0 Å². The van der Waals surface area contributed by atoms with Crippen LogP contribution in [0.4, 0.5) is 5.69 Å². The highest BCUT2D eigenvalue weighted by Crippen LogP contribution is 2.52. The Labute approximate surface area is 177 Å². The number of esters is 1. The number of aromatic nitrogens is 1. The van der Waals surface area contributed by atoms with E-state index in [0.29, 0.717) is 11.3 Å². The Hall–Kier alpha value is -3.26. The summed E-state index contributed by atoms with van der Waals surface area (Å²) < 4.78 is 3.70. The number of rotatable bonds is 6. The first kappa shape index (κ1) is 20.0. The third-order valence-electron chi connectivity index (χ3n) is 5.28. The van der Waals surface area contributed by atoms with Crippen molar-refractivity contribution in [2.75, 3.05) is 25.2 Å². The lowest BCUT2D eigenvalue weighted by molar-refractivity contribution is -0.140. The van der Waals surface area contributed by atoms with Crippen LogP contribution in [0.5, 0.6) is 0 Å². The number of carbonyl (C=O) groups is 3. The molecule has 0 saturated carbocycles. The van der Waals surface area contributed by atoms with Crippen LogP contribution in [-0.4, -0.2) is 42.7 Å². The Bertz CT molecular complexity index is 1160. The van der Waals surface area contributed by atoms with Crippen molar-refractivity contribution < 1.29 is 19.1 Å².